The summed E-state index contributed by atoms with van der Waals surface area (Å²) in [7, 11) is 1.50. The van der Waals surface area contributed by atoms with Crippen LogP contribution in [0, 0.1) is 0 Å². The molecule has 2 aromatic heterocycles. The third-order valence-electron chi connectivity index (χ3n) is 3.42. The van der Waals surface area contributed by atoms with Gasteiger partial charge in [0.25, 0.3) is 0 Å². The van der Waals surface area contributed by atoms with Crippen molar-refractivity contribution in [1.82, 2.24) is 14.5 Å². The SMILES string of the molecule is CO[C@H]1C(n2ccc3cncnc32)O[C@H](CO)[C@H]1O. The first-order valence-electron chi connectivity index (χ1n) is 6.00. The molecule has 1 aliphatic heterocycles. The minimum atomic E-state index is -0.876. The second kappa shape index (κ2) is 4.86. The second-order valence-corrected chi connectivity index (χ2v) is 4.46. The predicted molar refractivity (Wildman–Crippen MR) is 65.3 cm³/mol. The molecule has 2 N–H and O–H groups in total. The topological polar surface area (TPSA) is 89.6 Å². The van der Waals surface area contributed by atoms with Gasteiger partial charge in [-0.3, -0.25) is 0 Å². The van der Waals surface area contributed by atoms with Crippen LogP contribution in [-0.2, 0) is 9.47 Å². The quantitative estimate of drug-likeness (QED) is 0.791. The van der Waals surface area contributed by atoms with Crippen molar-refractivity contribution in [2.45, 2.75) is 24.5 Å². The standard InChI is InChI=1S/C12H15N3O4/c1-18-10-9(17)8(5-16)19-12(10)15-3-2-7-4-13-6-14-11(7)15/h2-4,6,8-10,12,16-17H,5H2,1H3/t8-,9-,10-,12?/m1/s1. The van der Waals surface area contributed by atoms with E-state index in [9.17, 15) is 10.2 Å². The van der Waals surface area contributed by atoms with Crippen molar-refractivity contribution in [1.29, 1.82) is 0 Å². The smallest absolute Gasteiger partial charge is 0.164 e. The molecule has 7 heteroatoms. The Labute approximate surface area is 109 Å². The molecule has 0 aliphatic carbocycles. The highest BCUT2D eigenvalue weighted by Crippen LogP contribution is 2.33. The summed E-state index contributed by atoms with van der Waals surface area (Å²) in [5, 5.41) is 20.1. The van der Waals surface area contributed by atoms with Crippen LogP contribution in [0.2, 0.25) is 0 Å². The molecular formula is C12H15N3O4. The summed E-state index contributed by atoms with van der Waals surface area (Å²) in [6.07, 6.45) is 2.36. The normalized spacial score (nSPS) is 31.1. The molecular weight excluding hydrogens is 250 g/mol. The van der Waals surface area contributed by atoms with Crippen molar-refractivity contribution in [2.75, 3.05) is 13.7 Å². The van der Waals surface area contributed by atoms with Crippen molar-refractivity contribution in [3.63, 3.8) is 0 Å². The first-order valence-corrected chi connectivity index (χ1v) is 6.00. The van der Waals surface area contributed by atoms with E-state index >= 15 is 0 Å². The number of aliphatic hydroxyl groups is 2. The number of aliphatic hydroxyl groups excluding tert-OH is 2. The van der Waals surface area contributed by atoms with Crippen molar-refractivity contribution in [3.8, 4) is 0 Å². The summed E-state index contributed by atoms with van der Waals surface area (Å²) >= 11 is 0. The highest BCUT2D eigenvalue weighted by atomic mass is 16.6. The maximum absolute atomic E-state index is 10.0. The van der Waals surface area contributed by atoms with Gasteiger partial charge in [0.05, 0.1) is 6.61 Å². The molecule has 7 nitrogen and oxygen atoms in total. The highest BCUT2D eigenvalue weighted by molar-refractivity contribution is 5.74. The summed E-state index contributed by atoms with van der Waals surface area (Å²) in [5.41, 5.74) is 0.702. The van der Waals surface area contributed by atoms with E-state index in [1.54, 1.807) is 10.8 Å². The Morgan fingerprint density at radius 2 is 2.37 bits per heavy atom. The van der Waals surface area contributed by atoms with Crippen molar-refractivity contribution in [2.24, 2.45) is 0 Å². The monoisotopic (exact) mass is 265 g/mol. The molecule has 0 amide bonds. The largest absolute Gasteiger partial charge is 0.394 e. The Balaban J connectivity index is 2.01. The van der Waals surface area contributed by atoms with Gasteiger partial charge in [0.1, 0.15) is 30.3 Å². The summed E-state index contributed by atoms with van der Waals surface area (Å²) in [4.78, 5) is 8.15. The zero-order valence-electron chi connectivity index (χ0n) is 10.4. The zero-order valence-corrected chi connectivity index (χ0v) is 10.4. The van der Waals surface area contributed by atoms with Crippen LogP contribution >= 0.6 is 0 Å². The second-order valence-electron chi connectivity index (χ2n) is 4.46. The van der Waals surface area contributed by atoms with Gasteiger partial charge < -0.3 is 24.3 Å². The molecule has 3 rings (SSSR count). The number of methoxy groups -OCH3 is 1. The lowest BCUT2D eigenvalue weighted by atomic mass is 10.1. The van der Waals surface area contributed by atoms with Crippen LogP contribution in [-0.4, -0.2) is 56.8 Å². The van der Waals surface area contributed by atoms with Crippen LogP contribution in [0.4, 0.5) is 0 Å². The summed E-state index contributed by atoms with van der Waals surface area (Å²) in [6.45, 7) is -0.258. The first kappa shape index (κ1) is 12.5. The van der Waals surface area contributed by atoms with Crippen molar-refractivity contribution < 1.29 is 19.7 Å². The van der Waals surface area contributed by atoms with Gasteiger partial charge in [0.15, 0.2) is 6.23 Å². The maximum Gasteiger partial charge on any atom is 0.164 e. The van der Waals surface area contributed by atoms with Crippen LogP contribution in [0.1, 0.15) is 6.23 Å². The third-order valence-corrected chi connectivity index (χ3v) is 3.42. The van der Waals surface area contributed by atoms with Gasteiger partial charge in [0, 0.05) is 24.9 Å². The number of aromatic nitrogens is 3. The molecule has 1 saturated heterocycles. The van der Waals surface area contributed by atoms with Crippen LogP contribution in [0.3, 0.4) is 0 Å². The molecule has 0 aromatic carbocycles. The number of fused-ring (bicyclic) bond motifs is 1. The van der Waals surface area contributed by atoms with Crippen LogP contribution in [0.25, 0.3) is 11.0 Å². The lowest BCUT2D eigenvalue weighted by molar-refractivity contribution is -0.0580. The van der Waals surface area contributed by atoms with Crippen molar-refractivity contribution in [3.05, 3.63) is 24.8 Å². The van der Waals surface area contributed by atoms with E-state index in [4.69, 9.17) is 9.47 Å². The Morgan fingerprint density at radius 1 is 1.53 bits per heavy atom. The predicted octanol–water partition coefficient (Wildman–Crippen LogP) is -0.303. The van der Waals surface area contributed by atoms with Gasteiger partial charge in [-0.2, -0.15) is 0 Å². The molecule has 1 aliphatic rings. The van der Waals surface area contributed by atoms with E-state index in [2.05, 4.69) is 9.97 Å². The van der Waals surface area contributed by atoms with Gasteiger partial charge >= 0.3 is 0 Å². The fourth-order valence-electron chi connectivity index (χ4n) is 2.45. The van der Waals surface area contributed by atoms with Crippen LogP contribution < -0.4 is 0 Å². The number of hydrogen-bond donors (Lipinski definition) is 2. The number of ether oxygens (including phenoxy) is 2. The van der Waals surface area contributed by atoms with Gasteiger partial charge in [-0.15, -0.1) is 0 Å². The van der Waals surface area contributed by atoms with E-state index in [1.165, 1.54) is 13.4 Å². The lowest BCUT2D eigenvalue weighted by Crippen LogP contribution is -2.34. The molecule has 0 saturated carbocycles. The van der Waals surface area contributed by atoms with Gasteiger partial charge in [0.2, 0.25) is 0 Å². The molecule has 0 spiro atoms. The molecule has 0 radical (unpaired) electrons. The minimum Gasteiger partial charge on any atom is -0.394 e. The lowest BCUT2D eigenvalue weighted by Gasteiger charge is -2.20. The van der Waals surface area contributed by atoms with Gasteiger partial charge in [-0.05, 0) is 6.07 Å². The molecule has 3 heterocycles. The fourth-order valence-corrected chi connectivity index (χ4v) is 2.45. The first-order chi connectivity index (χ1) is 9.26. The summed E-state index contributed by atoms with van der Waals surface area (Å²) < 4.78 is 12.7. The number of nitrogens with zero attached hydrogens (tertiary/aromatic N) is 3. The molecule has 1 fully saturated rings. The molecule has 0 bridgehead atoms. The molecule has 102 valence electrons. The van der Waals surface area contributed by atoms with E-state index < -0.39 is 24.5 Å². The zero-order chi connectivity index (χ0) is 13.4. The minimum absolute atomic E-state index is 0.258. The van der Waals surface area contributed by atoms with Gasteiger partial charge in [-0.1, -0.05) is 0 Å². The van der Waals surface area contributed by atoms with E-state index in [-0.39, 0.29) is 6.61 Å². The number of hydrogen-bond acceptors (Lipinski definition) is 6. The molecule has 1 unspecified atom stereocenters. The van der Waals surface area contributed by atoms with E-state index in [0.29, 0.717) is 5.65 Å². The number of rotatable bonds is 3. The molecule has 19 heavy (non-hydrogen) atoms. The molecule has 4 atom stereocenters. The van der Waals surface area contributed by atoms with Gasteiger partial charge in [-0.25, -0.2) is 9.97 Å². The van der Waals surface area contributed by atoms with E-state index in [1.807, 2.05) is 12.3 Å². The summed E-state index contributed by atoms with van der Waals surface area (Å²) in [5.74, 6) is 0. The maximum atomic E-state index is 10.0. The fraction of sp³-hybridized carbons (Fsp3) is 0.500. The Hall–Kier alpha value is -1.54. The Kier molecular flexibility index (Phi) is 3.19. The summed E-state index contributed by atoms with van der Waals surface area (Å²) in [6, 6.07) is 1.87. The highest BCUT2D eigenvalue weighted by Gasteiger charge is 2.45. The van der Waals surface area contributed by atoms with Crippen molar-refractivity contribution >= 4 is 11.0 Å². The molecule has 2 aromatic rings. The average molecular weight is 265 g/mol. The van der Waals surface area contributed by atoms with E-state index in [0.717, 1.165) is 5.39 Å². The average Bonchev–Trinajstić information content (AvgIpc) is 2.99. The van der Waals surface area contributed by atoms with Crippen LogP contribution in [0.5, 0.6) is 0 Å². The Bertz CT molecular complexity index is 573. The Morgan fingerprint density at radius 3 is 3.11 bits per heavy atom. The third kappa shape index (κ3) is 1.91. The van der Waals surface area contributed by atoms with Crippen LogP contribution in [0.15, 0.2) is 24.8 Å².